The first kappa shape index (κ1) is 13.6. The third-order valence-corrected chi connectivity index (χ3v) is 2.68. The van der Waals surface area contributed by atoms with E-state index in [1.165, 1.54) is 18.2 Å². The summed E-state index contributed by atoms with van der Waals surface area (Å²) in [4.78, 5) is 21.9. The smallest absolute Gasteiger partial charge is 0.404 e. The van der Waals surface area contributed by atoms with Crippen molar-refractivity contribution in [3.8, 4) is 0 Å². The topological polar surface area (TPSA) is 69.4 Å². The number of ether oxygens (including phenoxy) is 1. The van der Waals surface area contributed by atoms with Gasteiger partial charge < -0.3 is 10.5 Å². The molecule has 0 saturated heterocycles. The Labute approximate surface area is 106 Å². The van der Waals surface area contributed by atoms with E-state index in [9.17, 15) is 14.0 Å². The molecule has 0 atom stereocenters. The number of amides is 1. The van der Waals surface area contributed by atoms with Crippen molar-refractivity contribution in [3.63, 3.8) is 0 Å². The van der Waals surface area contributed by atoms with Crippen molar-refractivity contribution in [2.24, 2.45) is 5.73 Å². The number of benzene rings is 1. The molecule has 4 nitrogen and oxygen atoms in total. The van der Waals surface area contributed by atoms with Crippen molar-refractivity contribution in [1.82, 2.24) is 0 Å². The Morgan fingerprint density at radius 3 is 2.71 bits per heavy atom. The lowest BCUT2D eigenvalue weighted by molar-refractivity contribution is 0.0962. The number of Topliss-reactive ketones (excluding diaryl/α,β-unsaturated/α-hetero) is 1. The molecule has 0 bridgehead atoms. The van der Waals surface area contributed by atoms with Crippen LogP contribution in [0.1, 0.15) is 23.2 Å². The molecule has 0 aliphatic heterocycles. The first-order valence-corrected chi connectivity index (χ1v) is 5.70. The average molecular weight is 304 g/mol. The third kappa shape index (κ3) is 4.52. The fourth-order valence-corrected chi connectivity index (χ4v) is 1.47. The molecule has 92 valence electrons. The van der Waals surface area contributed by atoms with E-state index in [0.717, 1.165) is 0 Å². The van der Waals surface area contributed by atoms with Gasteiger partial charge in [-0.2, -0.15) is 0 Å². The van der Waals surface area contributed by atoms with Crippen LogP contribution in [0.4, 0.5) is 9.18 Å². The molecule has 0 fully saturated rings. The second-order valence-corrected chi connectivity index (χ2v) is 4.18. The van der Waals surface area contributed by atoms with Gasteiger partial charge in [0.25, 0.3) is 0 Å². The molecule has 0 heterocycles. The summed E-state index contributed by atoms with van der Waals surface area (Å²) in [5, 5.41) is 0. The highest BCUT2D eigenvalue weighted by atomic mass is 79.9. The minimum absolute atomic E-state index is 0.0834. The van der Waals surface area contributed by atoms with Crippen molar-refractivity contribution in [1.29, 1.82) is 0 Å². The van der Waals surface area contributed by atoms with E-state index in [0.29, 0.717) is 16.5 Å². The number of primary amides is 1. The Bertz CT molecular complexity index is 437. The zero-order valence-electron chi connectivity index (χ0n) is 8.91. The highest BCUT2D eigenvalue weighted by molar-refractivity contribution is 9.10. The predicted octanol–water partition coefficient (Wildman–Crippen LogP) is 2.65. The number of ketones is 1. The number of hydrogen-bond acceptors (Lipinski definition) is 3. The highest BCUT2D eigenvalue weighted by Gasteiger charge is 2.08. The second-order valence-electron chi connectivity index (χ2n) is 3.32. The molecule has 17 heavy (non-hydrogen) atoms. The van der Waals surface area contributed by atoms with Crippen LogP contribution in [0.2, 0.25) is 0 Å². The van der Waals surface area contributed by atoms with Gasteiger partial charge in [0.15, 0.2) is 5.78 Å². The quantitative estimate of drug-likeness (QED) is 0.671. The number of halogens is 2. The van der Waals surface area contributed by atoms with Crippen molar-refractivity contribution < 1.29 is 18.7 Å². The molecular weight excluding hydrogens is 293 g/mol. The van der Waals surface area contributed by atoms with Gasteiger partial charge in [0, 0.05) is 12.0 Å². The SMILES string of the molecule is NC(=O)OCCCC(=O)c1ccc(Br)c(F)c1. The number of carbonyl (C=O) groups excluding carboxylic acids is 2. The lowest BCUT2D eigenvalue weighted by atomic mass is 10.1. The van der Waals surface area contributed by atoms with Gasteiger partial charge in [-0.25, -0.2) is 9.18 Å². The predicted molar refractivity (Wildman–Crippen MR) is 63.2 cm³/mol. The lowest BCUT2D eigenvalue weighted by Crippen LogP contribution is -2.14. The van der Waals surface area contributed by atoms with E-state index in [2.05, 4.69) is 20.7 Å². The Balaban J connectivity index is 2.47. The normalized spacial score (nSPS) is 10.0. The van der Waals surface area contributed by atoms with E-state index in [1.54, 1.807) is 0 Å². The molecule has 0 aromatic heterocycles. The summed E-state index contributed by atoms with van der Waals surface area (Å²) < 4.78 is 17.9. The zero-order chi connectivity index (χ0) is 12.8. The summed E-state index contributed by atoms with van der Waals surface area (Å²) in [6.45, 7) is 0.0834. The molecule has 1 aromatic carbocycles. The fraction of sp³-hybridized carbons (Fsp3) is 0.273. The molecule has 6 heteroatoms. The molecule has 2 N–H and O–H groups in total. The van der Waals surface area contributed by atoms with Gasteiger partial charge in [-0.05, 0) is 34.5 Å². The molecule has 1 aromatic rings. The maximum atomic E-state index is 13.1. The van der Waals surface area contributed by atoms with Crippen LogP contribution < -0.4 is 5.73 Å². The summed E-state index contributed by atoms with van der Waals surface area (Å²) in [6.07, 6.45) is -0.333. The monoisotopic (exact) mass is 303 g/mol. The highest BCUT2D eigenvalue weighted by Crippen LogP contribution is 2.17. The van der Waals surface area contributed by atoms with E-state index in [4.69, 9.17) is 5.73 Å². The Morgan fingerprint density at radius 2 is 2.12 bits per heavy atom. The largest absolute Gasteiger partial charge is 0.450 e. The number of hydrogen-bond donors (Lipinski definition) is 1. The molecule has 0 aliphatic rings. The molecular formula is C11H11BrFNO3. The first-order valence-electron chi connectivity index (χ1n) is 4.91. The second kappa shape index (κ2) is 6.34. The van der Waals surface area contributed by atoms with Crippen LogP contribution >= 0.6 is 15.9 Å². The van der Waals surface area contributed by atoms with Crippen LogP contribution in [0.15, 0.2) is 22.7 Å². The Hall–Kier alpha value is -1.43. The number of carbonyl (C=O) groups is 2. The lowest BCUT2D eigenvalue weighted by Gasteiger charge is -2.03. The molecule has 0 unspecified atom stereocenters. The van der Waals surface area contributed by atoms with Crippen molar-refractivity contribution >= 4 is 27.8 Å². The van der Waals surface area contributed by atoms with Gasteiger partial charge in [-0.1, -0.05) is 6.07 Å². The maximum absolute atomic E-state index is 13.1. The van der Waals surface area contributed by atoms with Gasteiger partial charge >= 0.3 is 6.09 Å². The van der Waals surface area contributed by atoms with Gasteiger partial charge in [0.05, 0.1) is 11.1 Å². The van der Waals surface area contributed by atoms with Gasteiger partial charge in [0.2, 0.25) is 0 Å². The average Bonchev–Trinajstić information content (AvgIpc) is 2.27. The molecule has 0 spiro atoms. The molecule has 0 aliphatic carbocycles. The van der Waals surface area contributed by atoms with Crippen molar-refractivity contribution in [2.45, 2.75) is 12.8 Å². The minimum Gasteiger partial charge on any atom is -0.450 e. The van der Waals surface area contributed by atoms with E-state index in [1.807, 2.05) is 0 Å². The molecule has 0 saturated carbocycles. The first-order chi connectivity index (χ1) is 8.00. The van der Waals surface area contributed by atoms with Gasteiger partial charge in [0.1, 0.15) is 5.82 Å². The van der Waals surface area contributed by atoms with Gasteiger partial charge in [-0.15, -0.1) is 0 Å². The number of nitrogens with two attached hydrogens (primary N) is 1. The van der Waals surface area contributed by atoms with Crippen LogP contribution in [-0.4, -0.2) is 18.5 Å². The van der Waals surface area contributed by atoms with E-state index < -0.39 is 11.9 Å². The summed E-state index contributed by atoms with van der Waals surface area (Å²) in [7, 11) is 0. The standard InChI is InChI=1S/C11H11BrFNO3/c12-8-4-3-7(6-9(8)13)10(15)2-1-5-17-11(14)16/h3-4,6H,1-2,5H2,(H2,14,16). The third-order valence-electron chi connectivity index (χ3n) is 2.03. The summed E-state index contributed by atoms with van der Waals surface area (Å²) >= 11 is 3.00. The Morgan fingerprint density at radius 1 is 1.41 bits per heavy atom. The molecule has 0 radical (unpaired) electrons. The van der Waals surface area contributed by atoms with E-state index in [-0.39, 0.29) is 18.8 Å². The summed E-state index contributed by atoms with van der Waals surface area (Å²) in [5.41, 5.74) is 5.05. The van der Waals surface area contributed by atoms with Gasteiger partial charge in [-0.3, -0.25) is 4.79 Å². The fourth-order valence-electron chi connectivity index (χ4n) is 1.22. The molecule has 1 amide bonds. The summed E-state index contributed by atoms with van der Waals surface area (Å²) in [6, 6.07) is 4.17. The maximum Gasteiger partial charge on any atom is 0.404 e. The van der Waals surface area contributed by atoms with Crippen molar-refractivity contribution in [2.75, 3.05) is 6.61 Å². The number of rotatable bonds is 5. The van der Waals surface area contributed by atoms with Crippen LogP contribution in [0.25, 0.3) is 0 Å². The van der Waals surface area contributed by atoms with Crippen LogP contribution in [-0.2, 0) is 4.74 Å². The summed E-state index contributed by atoms with van der Waals surface area (Å²) in [5.74, 6) is -0.686. The van der Waals surface area contributed by atoms with Crippen molar-refractivity contribution in [3.05, 3.63) is 34.1 Å². The Kier molecular flexibility index (Phi) is 5.09. The minimum atomic E-state index is -0.868. The zero-order valence-corrected chi connectivity index (χ0v) is 10.5. The van der Waals surface area contributed by atoms with Crippen LogP contribution in [0.5, 0.6) is 0 Å². The van der Waals surface area contributed by atoms with Crippen LogP contribution in [0.3, 0.4) is 0 Å². The van der Waals surface area contributed by atoms with Crippen LogP contribution in [0, 0.1) is 5.82 Å². The van der Waals surface area contributed by atoms with E-state index >= 15 is 0 Å². The molecule has 1 rings (SSSR count).